The highest BCUT2D eigenvalue weighted by Crippen LogP contribution is 2.18. The summed E-state index contributed by atoms with van der Waals surface area (Å²) in [6.45, 7) is 1.85. The first-order valence-corrected chi connectivity index (χ1v) is 5.07. The van der Waals surface area contributed by atoms with Crippen LogP contribution in [0.3, 0.4) is 0 Å². The standard InChI is InChI=1S/C11H8N6/c1-7-12-3-2-10(15-7)8-4-9-6-14-17-16-11(9)13-5-8/h2-6H,1H3. The summed E-state index contributed by atoms with van der Waals surface area (Å²) in [6.07, 6.45) is 5.08. The Morgan fingerprint density at radius 2 is 2.06 bits per heavy atom. The zero-order valence-electron chi connectivity index (χ0n) is 9.07. The van der Waals surface area contributed by atoms with Gasteiger partial charge in [-0.25, -0.2) is 15.0 Å². The van der Waals surface area contributed by atoms with Crippen LogP contribution in [0.15, 0.2) is 30.7 Å². The third kappa shape index (κ3) is 1.80. The monoisotopic (exact) mass is 224 g/mol. The summed E-state index contributed by atoms with van der Waals surface area (Å²) in [5.74, 6) is 0.730. The second-order valence-electron chi connectivity index (χ2n) is 3.56. The maximum Gasteiger partial charge on any atom is 0.185 e. The van der Waals surface area contributed by atoms with Crippen LogP contribution in [0.25, 0.3) is 22.3 Å². The molecular weight excluding hydrogens is 216 g/mol. The van der Waals surface area contributed by atoms with Crippen LogP contribution in [-0.2, 0) is 0 Å². The lowest BCUT2D eigenvalue weighted by molar-refractivity contribution is 0.885. The fraction of sp³-hybridized carbons (Fsp3) is 0.0909. The topological polar surface area (TPSA) is 77.3 Å². The van der Waals surface area contributed by atoms with E-state index < -0.39 is 0 Å². The number of aryl methyl sites for hydroxylation is 1. The van der Waals surface area contributed by atoms with Crippen molar-refractivity contribution in [3.05, 3.63) is 36.5 Å². The largest absolute Gasteiger partial charge is 0.242 e. The molecule has 0 aliphatic carbocycles. The first-order chi connectivity index (χ1) is 8.33. The summed E-state index contributed by atoms with van der Waals surface area (Å²) in [5, 5.41) is 11.9. The quantitative estimate of drug-likeness (QED) is 0.617. The van der Waals surface area contributed by atoms with Crippen LogP contribution in [0.5, 0.6) is 0 Å². The molecule has 0 N–H and O–H groups in total. The normalized spacial score (nSPS) is 10.6. The summed E-state index contributed by atoms with van der Waals surface area (Å²) >= 11 is 0. The summed E-state index contributed by atoms with van der Waals surface area (Å²) < 4.78 is 0. The van der Waals surface area contributed by atoms with Gasteiger partial charge in [-0.15, -0.1) is 10.2 Å². The Kier molecular flexibility index (Phi) is 2.18. The molecule has 0 aliphatic rings. The van der Waals surface area contributed by atoms with E-state index in [1.165, 1.54) is 0 Å². The molecule has 0 unspecified atom stereocenters. The maximum absolute atomic E-state index is 4.34. The van der Waals surface area contributed by atoms with Crippen molar-refractivity contribution in [2.45, 2.75) is 6.92 Å². The molecule has 0 spiro atoms. The maximum atomic E-state index is 4.34. The van der Waals surface area contributed by atoms with Crippen LogP contribution >= 0.6 is 0 Å². The van der Waals surface area contributed by atoms with Gasteiger partial charge in [0.15, 0.2) is 5.65 Å². The third-order valence-corrected chi connectivity index (χ3v) is 2.35. The van der Waals surface area contributed by atoms with Gasteiger partial charge in [0.05, 0.1) is 11.9 Å². The smallest absolute Gasteiger partial charge is 0.185 e. The Morgan fingerprint density at radius 3 is 2.94 bits per heavy atom. The van der Waals surface area contributed by atoms with Gasteiger partial charge in [-0.1, -0.05) is 0 Å². The van der Waals surface area contributed by atoms with E-state index in [4.69, 9.17) is 0 Å². The lowest BCUT2D eigenvalue weighted by Gasteiger charge is -2.01. The number of rotatable bonds is 1. The molecule has 0 saturated heterocycles. The highest BCUT2D eigenvalue weighted by Gasteiger charge is 2.03. The molecule has 0 fully saturated rings. The molecule has 0 aliphatic heterocycles. The number of pyridine rings is 1. The van der Waals surface area contributed by atoms with Crippen LogP contribution in [0.2, 0.25) is 0 Å². The molecule has 17 heavy (non-hydrogen) atoms. The van der Waals surface area contributed by atoms with Crippen molar-refractivity contribution >= 4 is 11.0 Å². The number of hydrogen-bond acceptors (Lipinski definition) is 6. The van der Waals surface area contributed by atoms with Gasteiger partial charge in [-0.3, -0.25) is 0 Å². The SMILES string of the molecule is Cc1nccc(-c2cnc3nnncc3c2)n1. The fourth-order valence-corrected chi connectivity index (χ4v) is 1.57. The first kappa shape index (κ1) is 9.71. The molecule has 0 radical (unpaired) electrons. The predicted octanol–water partition coefficient (Wildman–Crippen LogP) is 1.19. The number of fused-ring (bicyclic) bond motifs is 1. The fourth-order valence-electron chi connectivity index (χ4n) is 1.57. The molecule has 0 atom stereocenters. The van der Waals surface area contributed by atoms with Gasteiger partial charge in [0.2, 0.25) is 0 Å². The molecule has 82 valence electrons. The molecule has 3 aromatic rings. The van der Waals surface area contributed by atoms with Crippen LogP contribution in [-0.4, -0.2) is 30.4 Å². The van der Waals surface area contributed by atoms with Crippen molar-refractivity contribution in [3.8, 4) is 11.3 Å². The molecule has 3 heterocycles. The summed E-state index contributed by atoms with van der Waals surface area (Å²) in [7, 11) is 0. The Bertz CT molecular complexity index is 681. The molecule has 0 bridgehead atoms. The minimum absolute atomic E-state index is 0.578. The van der Waals surface area contributed by atoms with E-state index in [-0.39, 0.29) is 0 Å². The third-order valence-electron chi connectivity index (χ3n) is 2.35. The number of aromatic nitrogens is 6. The van der Waals surface area contributed by atoms with Crippen LogP contribution in [0.1, 0.15) is 5.82 Å². The highest BCUT2D eigenvalue weighted by atomic mass is 15.3. The minimum atomic E-state index is 0.578. The van der Waals surface area contributed by atoms with Gasteiger partial charge in [-0.2, -0.15) is 0 Å². The Morgan fingerprint density at radius 1 is 1.12 bits per heavy atom. The van der Waals surface area contributed by atoms with Gasteiger partial charge in [0.25, 0.3) is 0 Å². The van der Waals surface area contributed by atoms with E-state index in [2.05, 4.69) is 30.4 Å². The molecule has 0 saturated carbocycles. The Hall–Kier alpha value is -2.50. The highest BCUT2D eigenvalue weighted by molar-refractivity contribution is 5.78. The van der Waals surface area contributed by atoms with Crippen molar-refractivity contribution in [1.82, 2.24) is 30.4 Å². The van der Waals surface area contributed by atoms with Gasteiger partial charge in [-0.05, 0) is 24.3 Å². The van der Waals surface area contributed by atoms with E-state index in [0.29, 0.717) is 5.65 Å². The van der Waals surface area contributed by atoms with Gasteiger partial charge < -0.3 is 0 Å². The molecule has 6 heteroatoms. The first-order valence-electron chi connectivity index (χ1n) is 5.07. The van der Waals surface area contributed by atoms with E-state index in [1.807, 2.05) is 19.1 Å². The zero-order valence-corrected chi connectivity index (χ0v) is 9.07. The lowest BCUT2D eigenvalue weighted by atomic mass is 10.2. The van der Waals surface area contributed by atoms with Crippen molar-refractivity contribution in [1.29, 1.82) is 0 Å². The second kappa shape index (κ2) is 3.82. The summed E-state index contributed by atoms with van der Waals surface area (Å²) in [6, 6.07) is 3.78. The van der Waals surface area contributed by atoms with E-state index >= 15 is 0 Å². The zero-order chi connectivity index (χ0) is 11.7. The van der Waals surface area contributed by atoms with Crippen LogP contribution < -0.4 is 0 Å². The summed E-state index contributed by atoms with van der Waals surface area (Å²) in [4.78, 5) is 12.6. The Labute approximate surface area is 96.8 Å². The molecule has 6 nitrogen and oxygen atoms in total. The second-order valence-corrected chi connectivity index (χ2v) is 3.56. The predicted molar refractivity (Wildman–Crippen MR) is 60.9 cm³/mol. The van der Waals surface area contributed by atoms with Gasteiger partial charge in [0.1, 0.15) is 5.82 Å². The average Bonchev–Trinajstić information content (AvgIpc) is 2.38. The average molecular weight is 224 g/mol. The van der Waals surface area contributed by atoms with Crippen LogP contribution in [0.4, 0.5) is 0 Å². The van der Waals surface area contributed by atoms with Crippen molar-refractivity contribution in [2.24, 2.45) is 0 Å². The van der Waals surface area contributed by atoms with E-state index in [9.17, 15) is 0 Å². The summed E-state index contributed by atoms with van der Waals surface area (Å²) in [5.41, 5.74) is 2.33. The molecule has 3 rings (SSSR count). The molecular formula is C11H8N6. The van der Waals surface area contributed by atoms with Crippen molar-refractivity contribution in [3.63, 3.8) is 0 Å². The minimum Gasteiger partial charge on any atom is -0.242 e. The van der Waals surface area contributed by atoms with Crippen LogP contribution in [0, 0.1) is 6.92 Å². The van der Waals surface area contributed by atoms with Gasteiger partial charge >= 0.3 is 0 Å². The number of nitrogens with zero attached hydrogens (tertiary/aromatic N) is 6. The van der Waals surface area contributed by atoms with Crippen molar-refractivity contribution < 1.29 is 0 Å². The Balaban J connectivity index is 2.18. The van der Waals surface area contributed by atoms with Gasteiger partial charge in [0, 0.05) is 23.3 Å². The molecule has 0 aromatic carbocycles. The molecule has 3 aromatic heterocycles. The van der Waals surface area contributed by atoms with E-state index in [0.717, 1.165) is 22.5 Å². The molecule has 0 amide bonds. The lowest BCUT2D eigenvalue weighted by Crippen LogP contribution is -1.93. The number of hydrogen-bond donors (Lipinski definition) is 0. The van der Waals surface area contributed by atoms with E-state index in [1.54, 1.807) is 18.6 Å². The van der Waals surface area contributed by atoms with Crippen molar-refractivity contribution in [2.75, 3.05) is 0 Å².